The Bertz CT molecular complexity index is 406. The number of benzene rings is 1. The SMILES string of the molecule is CN(C)C1CCCN(Cc2cc(Cl)ccc2N)C1. The summed E-state index contributed by atoms with van der Waals surface area (Å²) in [6.07, 6.45) is 2.54. The number of likely N-dealkylation sites (N-methyl/N-ethyl adjacent to an activating group) is 1. The summed E-state index contributed by atoms with van der Waals surface area (Å²) in [5.41, 5.74) is 7.99. The van der Waals surface area contributed by atoms with E-state index < -0.39 is 0 Å². The van der Waals surface area contributed by atoms with Crippen LogP contribution in [0.15, 0.2) is 18.2 Å². The summed E-state index contributed by atoms with van der Waals surface area (Å²) < 4.78 is 0. The van der Waals surface area contributed by atoms with Crippen molar-refractivity contribution in [1.29, 1.82) is 0 Å². The average molecular weight is 268 g/mol. The predicted octanol–water partition coefficient (Wildman–Crippen LogP) is 2.45. The molecule has 1 fully saturated rings. The number of rotatable bonds is 3. The lowest BCUT2D eigenvalue weighted by atomic mass is 10.0. The summed E-state index contributed by atoms with van der Waals surface area (Å²) in [5, 5.41) is 0.764. The van der Waals surface area contributed by atoms with Gasteiger partial charge in [-0.25, -0.2) is 0 Å². The van der Waals surface area contributed by atoms with Gasteiger partial charge in [0.1, 0.15) is 0 Å². The van der Waals surface area contributed by atoms with E-state index in [1.807, 2.05) is 18.2 Å². The zero-order chi connectivity index (χ0) is 13.1. The molecule has 2 rings (SSSR count). The number of nitrogens with two attached hydrogens (primary N) is 1. The van der Waals surface area contributed by atoms with Crippen LogP contribution in [0.5, 0.6) is 0 Å². The van der Waals surface area contributed by atoms with Gasteiger partial charge in [-0.15, -0.1) is 0 Å². The number of anilines is 1. The third kappa shape index (κ3) is 3.37. The normalized spacial score (nSPS) is 21.4. The van der Waals surface area contributed by atoms with Crippen LogP contribution in [0, 0.1) is 0 Å². The minimum Gasteiger partial charge on any atom is -0.398 e. The average Bonchev–Trinajstić information content (AvgIpc) is 2.34. The molecule has 0 radical (unpaired) electrons. The van der Waals surface area contributed by atoms with Crippen LogP contribution in [-0.2, 0) is 6.54 Å². The first-order valence-corrected chi connectivity index (χ1v) is 6.87. The van der Waals surface area contributed by atoms with Gasteiger partial charge in [0.2, 0.25) is 0 Å². The van der Waals surface area contributed by atoms with Crippen molar-refractivity contribution in [1.82, 2.24) is 9.80 Å². The van der Waals surface area contributed by atoms with E-state index in [2.05, 4.69) is 23.9 Å². The van der Waals surface area contributed by atoms with Gasteiger partial charge in [0.25, 0.3) is 0 Å². The maximum atomic E-state index is 6.03. The third-order valence-electron chi connectivity index (χ3n) is 3.71. The van der Waals surface area contributed by atoms with Crippen molar-refractivity contribution in [2.24, 2.45) is 0 Å². The first-order valence-electron chi connectivity index (χ1n) is 6.49. The number of hydrogen-bond donors (Lipinski definition) is 1. The summed E-state index contributed by atoms with van der Waals surface area (Å²) in [6, 6.07) is 6.37. The molecule has 18 heavy (non-hydrogen) atoms. The molecule has 1 aliphatic heterocycles. The number of nitrogens with zero attached hydrogens (tertiary/aromatic N) is 2. The zero-order valence-electron chi connectivity index (χ0n) is 11.2. The van der Waals surface area contributed by atoms with Crippen LogP contribution in [0.4, 0.5) is 5.69 Å². The minimum absolute atomic E-state index is 0.652. The summed E-state index contributed by atoms with van der Waals surface area (Å²) in [4.78, 5) is 4.78. The van der Waals surface area contributed by atoms with Gasteiger partial charge in [0.05, 0.1) is 0 Å². The smallest absolute Gasteiger partial charge is 0.0410 e. The van der Waals surface area contributed by atoms with Crippen LogP contribution < -0.4 is 5.73 Å². The van der Waals surface area contributed by atoms with E-state index >= 15 is 0 Å². The van der Waals surface area contributed by atoms with Crippen molar-refractivity contribution in [2.45, 2.75) is 25.4 Å². The van der Waals surface area contributed by atoms with Gasteiger partial charge in [0.15, 0.2) is 0 Å². The molecule has 3 nitrogen and oxygen atoms in total. The number of hydrogen-bond acceptors (Lipinski definition) is 3. The highest BCUT2D eigenvalue weighted by Crippen LogP contribution is 2.22. The van der Waals surface area contributed by atoms with E-state index in [0.717, 1.165) is 35.9 Å². The Labute approximate surface area is 115 Å². The number of nitrogen functional groups attached to an aromatic ring is 1. The number of likely N-dealkylation sites (tertiary alicyclic amines) is 1. The van der Waals surface area contributed by atoms with Crippen LogP contribution >= 0.6 is 11.6 Å². The van der Waals surface area contributed by atoms with Gasteiger partial charge in [-0.05, 0) is 57.2 Å². The Morgan fingerprint density at radius 3 is 2.94 bits per heavy atom. The van der Waals surface area contributed by atoms with E-state index in [-0.39, 0.29) is 0 Å². The summed E-state index contributed by atoms with van der Waals surface area (Å²) >= 11 is 6.03. The monoisotopic (exact) mass is 267 g/mol. The largest absolute Gasteiger partial charge is 0.398 e. The predicted molar refractivity (Wildman–Crippen MR) is 77.9 cm³/mol. The van der Waals surface area contributed by atoms with Crippen LogP contribution in [0.1, 0.15) is 18.4 Å². The molecule has 1 unspecified atom stereocenters. The van der Waals surface area contributed by atoms with Crippen molar-refractivity contribution < 1.29 is 0 Å². The molecule has 0 bridgehead atoms. The summed E-state index contributed by atoms with van der Waals surface area (Å²) in [7, 11) is 4.31. The van der Waals surface area contributed by atoms with Crippen LogP contribution in [0.2, 0.25) is 5.02 Å². The Kier molecular flexibility index (Phi) is 4.49. The Morgan fingerprint density at radius 1 is 1.44 bits per heavy atom. The van der Waals surface area contributed by atoms with Gasteiger partial charge < -0.3 is 10.6 Å². The second-order valence-electron chi connectivity index (χ2n) is 5.34. The van der Waals surface area contributed by atoms with E-state index in [9.17, 15) is 0 Å². The standard InChI is InChI=1S/C14H22ClN3/c1-17(2)13-4-3-7-18(10-13)9-11-8-12(15)5-6-14(11)16/h5-6,8,13H,3-4,7,9-10,16H2,1-2H3. The van der Waals surface area contributed by atoms with E-state index in [4.69, 9.17) is 17.3 Å². The molecule has 4 heteroatoms. The van der Waals surface area contributed by atoms with Gasteiger partial charge >= 0.3 is 0 Å². The van der Waals surface area contributed by atoms with Crippen molar-refractivity contribution in [2.75, 3.05) is 32.9 Å². The molecule has 1 saturated heterocycles. The lowest BCUT2D eigenvalue weighted by Gasteiger charge is -2.36. The van der Waals surface area contributed by atoms with E-state index in [1.54, 1.807) is 0 Å². The highest BCUT2D eigenvalue weighted by molar-refractivity contribution is 6.30. The second-order valence-corrected chi connectivity index (χ2v) is 5.77. The molecule has 1 atom stereocenters. The molecular weight excluding hydrogens is 246 g/mol. The van der Waals surface area contributed by atoms with Crippen LogP contribution in [0.3, 0.4) is 0 Å². The van der Waals surface area contributed by atoms with Crippen molar-refractivity contribution >= 4 is 17.3 Å². The Balaban J connectivity index is 2.02. The fourth-order valence-corrected chi connectivity index (χ4v) is 2.74. The van der Waals surface area contributed by atoms with Crippen molar-refractivity contribution in [3.05, 3.63) is 28.8 Å². The second kappa shape index (κ2) is 5.91. The topological polar surface area (TPSA) is 32.5 Å². The third-order valence-corrected chi connectivity index (χ3v) is 3.95. The van der Waals surface area contributed by atoms with Gasteiger partial charge in [0, 0.05) is 29.8 Å². The van der Waals surface area contributed by atoms with Gasteiger partial charge in [-0.1, -0.05) is 11.6 Å². The van der Waals surface area contributed by atoms with E-state index in [1.165, 1.54) is 12.8 Å². The fourth-order valence-electron chi connectivity index (χ4n) is 2.55. The molecule has 1 aliphatic rings. The lowest BCUT2D eigenvalue weighted by Crippen LogP contribution is -2.44. The highest BCUT2D eigenvalue weighted by atomic mass is 35.5. The Hall–Kier alpha value is -0.770. The first kappa shape index (κ1) is 13.7. The van der Waals surface area contributed by atoms with Crippen molar-refractivity contribution in [3.8, 4) is 0 Å². The summed E-state index contributed by atoms with van der Waals surface area (Å²) in [6.45, 7) is 3.16. The highest BCUT2D eigenvalue weighted by Gasteiger charge is 2.21. The molecule has 0 spiro atoms. The molecule has 2 N–H and O–H groups in total. The lowest BCUT2D eigenvalue weighted by molar-refractivity contribution is 0.128. The van der Waals surface area contributed by atoms with Gasteiger partial charge in [-0.2, -0.15) is 0 Å². The molecule has 1 aromatic carbocycles. The molecular formula is C14H22ClN3. The maximum absolute atomic E-state index is 6.03. The molecule has 1 aromatic rings. The van der Waals surface area contributed by atoms with Gasteiger partial charge in [-0.3, -0.25) is 4.90 Å². The number of halogens is 1. The minimum atomic E-state index is 0.652. The van der Waals surface area contributed by atoms with E-state index in [0.29, 0.717) is 6.04 Å². The molecule has 100 valence electrons. The number of piperidine rings is 1. The quantitative estimate of drug-likeness (QED) is 0.854. The molecule has 0 saturated carbocycles. The molecule has 0 aliphatic carbocycles. The first-order chi connectivity index (χ1) is 8.56. The van der Waals surface area contributed by atoms with Crippen molar-refractivity contribution in [3.63, 3.8) is 0 Å². The summed E-state index contributed by atoms with van der Waals surface area (Å²) in [5.74, 6) is 0. The van der Waals surface area contributed by atoms with Crippen LogP contribution in [0.25, 0.3) is 0 Å². The molecule has 1 heterocycles. The fraction of sp³-hybridized carbons (Fsp3) is 0.571. The molecule has 0 amide bonds. The zero-order valence-corrected chi connectivity index (χ0v) is 12.0. The molecule has 0 aromatic heterocycles. The van der Waals surface area contributed by atoms with Crippen LogP contribution in [-0.4, -0.2) is 43.0 Å². The Morgan fingerprint density at radius 2 is 2.22 bits per heavy atom. The maximum Gasteiger partial charge on any atom is 0.0410 e.